The van der Waals surface area contributed by atoms with Crippen LogP contribution in [0.15, 0.2) is 41.8 Å². The number of nitro groups is 1. The quantitative estimate of drug-likeness (QED) is 0.235. The van der Waals surface area contributed by atoms with Gasteiger partial charge in [0.25, 0.3) is 11.6 Å². The van der Waals surface area contributed by atoms with Gasteiger partial charge in [-0.1, -0.05) is 6.07 Å². The minimum Gasteiger partial charge on any atom is -0.452 e. The molecule has 0 spiro atoms. The zero-order valence-electron chi connectivity index (χ0n) is 19.1. The van der Waals surface area contributed by atoms with Gasteiger partial charge in [0, 0.05) is 31.4 Å². The molecule has 5 rings (SSSR count). The van der Waals surface area contributed by atoms with Crippen molar-refractivity contribution in [1.82, 2.24) is 14.8 Å². The molecule has 0 atom stereocenters. The number of nitro benzene ring substituents is 1. The van der Waals surface area contributed by atoms with Gasteiger partial charge in [-0.2, -0.15) is 5.10 Å². The lowest BCUT2D eigenvalue weighted by atomic mass is 10.0. The molecule has 0 unspecified atom stereocenters. The molecule has 11 heteroatoms. The van der Waals surface area contributed by atoms with Crippen molar-refractivity contribution in [3.63, 3.8) is 0 Å². The molecule has 0 radical (unpaired) electrons. The molecule has 0 N–H and O–H groups in total. The fraction of sp³-hybridized carbons (Fsp3) is 0.250. The van der Waals surface area contributed by atoms with Crippen LogP contribution < -0.4 is 4.90 Å². The van der Waals surface area contributed by atoms with E-state index in [0.717, 1.165) is 10.4 Å². The first-order valence-electron chi connectivity index (χ1n) is 11.0. The summed E-state index contributed by atoms with van der Waals surface area (Å²) in [4.78, 5) is 43.9. The predicted octanol–water partition coefficient (Wildman–Crippen LogP) is 4.05. The maximum Gasteiger partial charge on any atom is 0.339 e. The number of fused-ring (bicyclic) bond motifs is 2. The van der Waals surface area contributed by atoms with E-state index in [-0.39, 0.29) is 11.6 Å². The lowest BCUT2D eigenvalue weighted by molar-refractivity contribution is -0.384. The number of aryl methyl sites for hydroxylation is 3. The number of nitrogens with zero attached hydrogens (tertiary/aromatic N) is 5. The van der Waals surface area contributed by atoms with E-state index in [0.29, 0.717) is 53.1 Å². The normalized spacial score (nSPS) is 13.0. The summed E-state index contributed by atoms with van der Waals surface area (Å²) in [6.07, 6.45) is 1.30. The second-order valence-electron chi connectivity index (χ2n) is 8.24. The van der Waals surface area contributed by atoms with Gasteiger partial charge < -0.3 is 9.64 Å². The monoisotopic (exact) mass is 491 g/mol. The first-order valence-corrected chi connectivity index (χ1v) is 11.8. The van der Waals surface area contributed by atoms with Crippen LogP contribution >= 0.6 is 11.3 Å². The summed E-state index contributed by atoms with van der Waals surface area (Å²) in [5.74, 6) is -1.03. The number of carbonyl (C=O) groups is 2. The first kappa shape index (κ1) is 22.7. The Morgan fingerprint density at radius 3 is 2.83 bits per heavy atom. The van der Waals surface area contributed by atoms with E-state index >= 15 is 0 Å². The number of anilines is 1. The molecule has 0 saturated heterocycles. The smallest absolute Gasteiger partial charge is 0.339 e. The van der Waals surface area contributed by atoms with Crippen molar-refractivity contribution >= 4 is 45.6 Å². The van der Waals surface area contributed by atoms with Crippen molar-refractivity contribution in [3.05, 3.63) is 68.7 Å². The fourth-order valence-corrected chi connectivity index (χ4v) is 5.08. The largest absolute Gasteiger partial charge is 0.452 e. The Morgan fingerprint density at radius 1 is 1.26 bits per heavy atom. The number of hydrogen-bond acceptors (Lipinski definition) is 8. The van der Waals surface area contributed by atoms with Crippen molar-refractivity contribution in [2.45, 2.75) is 19.8 Å². The average molecular weight is 492 g/mol. The van der Waals surface area contributed by atoms with Crippen molar-refractivity contribution in [3.8, 4) is 10.6 Å². The zero-order chi connectivity index (χ0) is 24.7. The Labute approximate surface area is 203 Å². The second-order valence-corrected chi connectivity index (χ2v) is 9.18. The van der Waals surface area contributed by atoms with E-state index in [2.05, 4.69) is 10.1 Å². The molecule has 1 aliphatic rings. The molecule has 0 bridgehead atoms. The SMILES string of the molecule is Cc1nn(C)c2nc(-c3cccs3)cc(C(=O)OCC(=O)N3CCCc4cc([N+](=O)[O-])ccc43)c12. The number of rotatable bonds is 5. The van der Waals surface area contributed by atoms with Gasteiger partial charge in [-0.3, -0.25) is 19.6 Å². The number of ether oxygens (including phenoxy) is 1. The van der Waals surface area contributed by atoms with Crippen LogP contribution in [0.1, 0.15) is 28.0 Å². The van der Waals surface area contributed by atoms with E-state index in [9.17, 15) is 19.7 Å². The lowest BCUT2D eigenvalue weighted by Gasteiger charge is -2.29. The van der Waals surface area contributed by atoms with Crippen molar-refractivity contribution < 1.29 is 19.2 Å². The average Bonchev–Trinajstić information content (AvgIpc) is 3.49. The highest BCUT2D eigenvalue weighted by atomic mass is 32.1. The van der Waals surface area contributed by atoms with Crippen LogP contribution in [0.3, 0.4) is 0 Å². The highest BCUT2D eigenvalue weighted by Crippen LogP contribution is 2.32. The highest BCUT2D eigenvalue weighted by molar-refractivity contribution is 7.13. The predicted molar refractivity (Wildman–Crippen MR) is 131 cm³/mol. The van der Waals surface area contributed by atoms with E-state index in [1.807, 2.05) is 17.5 Å². The Balaban J connectivity index is 1.40. The van der Waals surface area contributed by atoms with Crippen molar-refractivity contribution in [2.75, 3.05) is 18.1 Å². The molecule has 1 aromatic carbocycles. The summed E-state index contributed by atoms with van der Waals surface area (Å²) in [6.45, 7) is 1.79. The van der Waals surface area contributed by atoms with Gasteiger partial charge in [-0.25, -0.2) is 9.78 Å². The van der Waals surface area contributed by atoms with Gasteiger partial charge in [0.15, 0.2) is 12.3 Å². The molecular weight excluding hydrogens is 470 g/mol. The van der Waals surface area contributed by atoms with Crippen LogP contribution in [0, 0.1) is 17.0 Å². The second kappa shape index (κ2) is 8.91. The summed E-state index contributed by atoms with van der Waals surface area (Å²) in [5.41, 5.74) is 3.44. The molecular formula is C24H21N5O5S. The van der Waals surface area contributed by atoms with Crippen LogP contribution in [0.25, 0.3) is 21.6 Å². The topological polar surface area (TPSA) is 120 Å². The number of amides is 1. The van der Waals surface area contributed by atoms with Crippen LogP contribution in [0.2, 0.25) is 0 Å². The molecule has 0 aliphatic carbocycles. The number of non-ortho nitro benzene ring substituents is 1. The van der Waals surface area contributed by atoms with Crippen molar-refractivity contribution in [1.29, 1.82) is 0 Å². The molecule has 4 aromatic rings. The van der Waals surface area contributed by atoms with Crippen LogP contribution in [0.5, 0.6) is 0 Å². The molecule has 1 amide bonds. The number of benzene rings is 1. The maximum atomic E-state index is 13.2. The highest BCUT2D eigenvalue weighted by Gasteiger charge is 2.26. The Bertz CT molecular complexity index is 1480. The molecule has 178 valence electrons. The van der Waals surface area contributed by atoms with E-state index in [1.165, 1.54) is 28.4 Å². The summed E-state index contributed by atoms with van der Waals surface area (Å²) >= 11 is 1.50. The number of hydrogen-bond donors (Lipinski definition) is 0. The Morgan fingerprint density at radius 2 is 2.09 bits per heavy atom. The third-order valence-corrected chi connectivity index (χ3v) is 6.87. The van der Waals surface area contributed by atoms with Gasteiger partial charge in [0.2, 0.25) is 0 Å². The summed E-state index contributed by atoms with van der Waals surface area (Å²) < 4.78 is 7.08. The molecule has 0 fully saturated rings. The summed E-state index contributed by atoms with van der Waals surface area (Å²) in [7, 11) is 1.76. The number of thiophene rings is 1. The molecule has 0 saturated carbocycles. The van der Waals surface area contributed by atoms with E-state index in [4.69, 9.17) is 4.74 Å². The van der Waals surface area contributed by atoms with Gasteiger partial charge in [-0.05, 0) is 48.9 Å². The van der Waals surface area contributed by atoms with Crippen LogP contribution in [-0.2, 0) is 23.0 Å². The summed E-state index contributed by atoms with van der Waals surface area (Å²) in [6, 6.07) is 9.93. The van der Waals surface area contributed by atoms with Gasteiger partial charge >= 0.3 is 5.97 Å². The number of pyridine rings is 1. The van der Waals surface area contributed by atoms with Gasteiger partial charge in [-0.15, -0.1) is 11.3 Å². The van der Waals surface area contributed by atoms with E-state index < -0.39 is 17.5 Å². The summed E-state index contributed by atoms with van der Waals surface area (Å²) in [5, 5.41) is 18.0. The lowest BCUT2D eigenvalue weighted by Crippen LogP contribution is -2.38. The molecule has 1 aliphatic heterocycles. The van der Waals surface area contributed by atoms with Crippen molar-refractivity contribution in [2.24, 2.45) is 7.05 Å². The minimum atomic E-state index is -0.638. The first-order chi connectivity index (χ1) is 16.8. The third-order valence-electron chi connectivity index (χ3n) is 5.98. The molecule has 3 aromatic heterocycles. The Hall–Kier alpha value is -4.12. The number of aromatic nitrogens is 3. The number of esters is 1. The third kappa shape index (κ3) is 4.14. The minimum absolute atomic E-state index is 0.0143. The maximum absolute atomic E-state index is 13.2. The fourth-order valence-electron chi connectivity index (χ4n) is 4.40. The van der Waals surface area contributed by atoms with Gasteiger partial charge in [0.1, 0.15) is 0 Å². The molecule has 4 heterocycles. The number of carbonyl (C=O) groups excluding carboxylic acids is 2. The Kier molecular flexibility index (Phi) is 5.77. The van der Waals surface area contributed by atoms with Crippen LogP contribution in [-0.4, -0.2) is 44.7 Å². The molecule has 10 nitrogen and oxygen atoms in total. The molecule has 35 heavy (non-hydrogen) atoms. The van der Waals surface area contributed by atoms with E-state index in [1.54, 1.807) is 30.8 Å². The van der Waals surface area contributed by atoms with Gasteiger partial charge in [0.05, 0.1) is 32.1 Å². The zero-order valence-corrected chi connectivity index (χ0v) is 19.9. The van der Waals surface area contributed by atoms with Crippen LogP contribution in [0.4, 0.5) is 11.4 Å². The standard InChI is InChI=1S/C24H21N5O5S/c1-14-22-17(12-18(20-6-4-10-35-20)25-23(22)27(2)26-14)24(31)34-13-21(30)28-9-3-5-15-11-16(29(32)33)7-8-19(15)28/h4,6-8,10-12H,3,5,9,13H2,1-2H3.